The summed E-state index contributed by atoms with van der Waals surface area (Å²) in [6.45, 7) is 0.362. The van der Waals surface area contributed by atoms with Gasteiger partial charge in [-0.05, 0) is 23.6 Å². The lowest BCUT2D eigenvalue weighted by Gasteiger charge is -2.24. The molecule has 1 N–H and O–H groups in total. The molecule has 1 heterocycles. The highest BCUT2D eigenvalue weighted by Crippen LogP contribution is 2.23. The molecule has 0 spiro atoms. The summed E-state index contributed by atoms with van der Waals surface area (Å²) in [4.78, 5) is 24.6. The van der Waals surface area contributed by atoms with Gasteiger partial charge in [-0.2, -0.15) is 0 Å². The second-order valence-corrected chi connectivity index (χ2v) is 5.26. The van der Waals surface area contributed by atoms with E-state index < -0.39 is 12.0 Å². The first-order chi connectivity index (χ1) is 9.51. The van der Waals surface area contributed by atoms with Gasteiger partial charge in [0.1, 0.15) is 11.9 Å². The van der Waals surface area contributed by atoms with Gasteiger partial charge in [0, 0.05) is 25.3 Å². The smallest absolute Gasteiger partial charge is 0.326 e. The summed E-state index contributed by atoms with van der Waals surface area (Å²) in [6.07, 6.45) is 0.451. The van der Waals surface area contributed by atoms with Crippen LogP contribution in [0.4, 0.5) is 4.39 Å². The lowest BCUT2D eigenvalue weighted by atomic mass is 10.0. The SMILES string of the molecule is O=C(O)[C@H](Cc1ccc(F)cc1)N1CC(CCl)CC1=O. The lowest BCUT2D eigenvalue weighted by Crippen LogP contribution is -2.43. The maximum Gasteiger partial charge on any atom is 0.326 e. The van der Waals surface area contributed by atoms with Crippen molar-refractivity contribution in [1.82, 2.24) is 4.90 Å². The summed E-state index contributed by atoms with van der Waals surface area (Å²) in [5.41, 5.74) is 0.681. The summed E-state index contributed by atoms with van der Waals surface area (Å²) < 4.78 is 12.8. The molecule has 1 aliphatic heterocycles. The highest BCUT2D eigenvalue weighted by Gasteiger charge is 2.37. The van der Waals surface area contributed by atoms with Crippen LogP contribution in [0.3, 0.4) is 0 Å². The number of nitrogens with zero attached hydrogens (tertiary/aromatic N) is 1. The number of carbonyl (C=O) groups excluding carboxylic acids is 1. The average molecular weight is 300 g/mol. The molecule has 4 nitrogen and oxygen atoms in total. The van der Waals surface area contributed by atoms with Crippen molar-refractivity contribution in [3.63, 3.8) is 0 Å². The van der Waals surface area contributed by atoms with E-state index in [1.807, 2.05) is 0 Å². The Labute approximate surface area is 121 Å². The monoisotopic (exact) mass is 299 g/mol. The molecule has 1 aromatic rings. The van der Waals surface area contributed by atoms with Crippen molar-refractivity contribution < 1.29 is 19.1 Å². The summed E-state index contributed by atoms with van der Waals surface area (Å²) in [5, 5.41) is 9.33. The fourth-order valence-corrected chi connectivity index (χ4v) is 2.59. The third-order valence-corrected chi connectivity index (χ3v) is 3.90. The quantitative estimate of drug-likeness (QED) is 0.845. The van der Waals surface area contributed by atoms with Crippen LogP contribution in [0.5, 0.6) is 0 Å². The molecule has 0 radical (unpaired) electrons. The molecule has 1 aliphatic rings. The van der Waals surface area contributed by atoms with Crippen LogP contribution in [0.25, 0.3) is 0 Å². The van der Waals surface area contributed by atoms with Gasteiger partial charge >= 0.3 is 5.97 Å². The number of carboxylic acid groups (broad SMARTS) is 1. The van der Waals surface area contributed by atoms with E-state index in [2.05, 4.69) is 0 Å². The van der Waals surface area contributed by atoms with E-state index in [-0.39, 0.29) is 30.5 Å². The molecule has 2 rings (SSSR count). The van der Waals surface area contributed by atoms with Gasteiger partial charge in [0.25, 0.3) is 0 Å². The number of hydrogen-bond donors (Lipinski definition) is 1. The molecule has 1 unspecified atom stereocenters. The van der Waals surface area contributed by atoms with Gasteiger partial charge in [-0.15, -0.1) is 11.6 Å². The molecule has 6 heteroatoms. The zero-order chi connectivity index (χ0) is 14.7. The highest BCUT2D eigenvalue weighted by atomic mass is 35.5. The normalized spacial score (nSPS) is 20.2. The molecule has 1 amide bonds. The van der Waals surface area contributed by atoms with E-state index in [9.17, 15) is 19.1 Å². The Morgan fingerprint density at radius 2 is 2.10 bits per heavy atom. The van der Waals surface area contributed by atoms with Crippen molar-refractivity contribution in [2.24, 2.45) is 5.92 Å². The van der Waals surface area contributed by atoms with Crippen molar-refractivity contribution in [2.75, 3.05) is 12.4 Å². The van der Waals surface area contributed by atoms with Crippen LogP contribution in [0.2, 0.25) is 0 Å². The van der Waals surface area contributed by atoms with Crippen molar-refractivity contribution in [1.29, 1.82) is 0 Å². The number of amides is 1. The number of rotatable bonds is 5. The molecule has 0 aliphatic carbocycles. The summed E-state index contributed by atoms with van der Waals surface area (Å²) in [6, 6.07) is 4.69. The first kappa shape index (κ1) is 14.8. The number of hydrogen-bond acceptors (Lipinski definition) is 2. The number of carboxylic acids is 1. The highest BCUT2D eigenvalue weighted by molar-refractivity contribution is 6.18. The molecular formula is C14H15ClFNO3. The predicted molar refractivity (Wildman–Crippen MR) is 72.1 cm³/mol. The summed E-state index contributed by atoms with van der Waals surface area (Å²) in [5.74, 6) is -1.28. The molecule has 108 valence electrons. The minimum Gasteiger partial charge on any atom is -0.480 e. The topological polar surface area (TPSA) is 57.6 Å². The number of likely N-dealkylation sites (tertiary alicyclic amines) is 1. The van der Waals surface area contributed by atoms with E-state index in [4.69, 9.17) is 11.6 Å². The molecule has 0 bridgehead atoms. The second-order valence-electron chi connectivity index (χ2n) is 4.96. The van der Waals surface area contributed by atoms with Crippen LogP contribution in [0.1, 0.15) is 12.0 Å². The fraction of sp³-hybridized carbons (Fsp3) is 0.429. The second kappa shape index (κ2) is 6.22. The van der Waals surface area contributed by atoms with Gasteiger partial charge < -0.3 is 10.0 Å². The maximum atomic E-state index is 12.8. The zero-order valence-corrected chi connectivity index (χ0v) is 11.5. The molecule has 1 aromatic carbocycles. The van der Waals surface area contributed by atoms with E-state index in [0.717, 1.165) is 0 Å². The minimum absolute atomic E-state index is 0.000709. The molecule has 0 aromatic heterocycles. The Hall–Kier alpha value is -1.62. The number of benzene rings is 1. The van der Waals surface area contributed by atoms with Crippen LogP contribution >= 0.6 is 11.6 Å². The number of aliphatic carboxylic acids is 1. The molecule has 2 atom stereocenters. The number of alkyl halides is 1. The largest absolute Gasteiger partial charge is 0.480 e. The van der Waals surface area contributed by atoms with E-state index >= 15 is 0 Å². The van der Waals surface area contributed by atoms with Crippen LogP contribution in [0, 0.1) is 11.7 Å². The van der Waals surface area contributed by atoms with Crippen LogP contribution in [-0.4, -0.2) is 40.3 Å². The first-order valence-electron chi connectivity index (χ1n) is 6.34. The molecule has 1 fully saturated rings. The number of halogens is 2. The van der Waals surface area contributed by atoms with Crippen molar-refractivity contribution in [3.05, 3.63) is 35.6 Å². The van der Waals surface area contributed by atoms with Crippen molar-refractivity contribution in [3.8, 4) is 0 Å². The van der Waals surface area contributed by atoms with E-state index in [1.165, 1.54) is 29.2 Å². The van der Waals surface area contributed by atoms with E-state index in [0.29, 0.717) is 18.0 Å². The van der Waals surface area contributed by atoms with Gasteiger partial charge in [0.15, 0.2) is 0 Å². The Morgan fingerprint density at radius 3 is 2.60 bits per heavy atom. The Balaban J connectivity index is 2.13. The lowest BCUT2D eigenvalue weighted by molar-refractivity contribution is -0.148. The molecular weight excluding hydrogens is 285 g/mol. The average Bonchev–Trinajstić information content (AvgIpc) is 2.79. The molecule has 1 saturated heterocycles. The fourth-order valence-electron chi connectivity index (χ4n) is 2.39. The van der Waals surface area contributed by atoms with E-state index in [1.54, 1.807) is 0 Å². The van der Waals surface area contributed by atoms with Gasteiger partial charge in [-0.1, -0.05) is 12.1 Å². The zero-order valence-electron chi connectivity index (χ0n) is 10.8. The third-order valence-electron chi connectivity index (χ3n) is 3.46. The first-order valence-corrected chi connectivity index (χ1v) is 6.87. The van der Waals surface area contributed by atoms with Crippen LogP contribution in [-0.2, 0) is 16.0 Å². The maximum absolute atomic E-state index is 12.8. The summed E-state index contributed by atoms with van der Waals surface area (Å²) in [7, 11) is 0. The standard InChI is InChI=1S/C14H15ClFNO3/c15-7-10-6-13(18)17(8-10)12(14(19)20)5-9-1-3-11(16)4-2-9/h1-4,10,12H,5-8H2,(H,19,20)/t10?,12-/m0/s1. The van der Waals surface area contributed by atoms with Crippen molar-refractivity contribution in [2.45, 2.75) is 18.9 Å². The molecule has 0 saturated carbocycles. The number of carbonyl (C=O) groups is 2. The Bertz CT molecular complexity index is 506. The predicted octanol–water partition coefficient (Wildman–Crippen LogP) is 1.91. The van der Waals surface area contributed by atoms with Gasteiger partial charge in [-0.25, -0.2) is 9.18 Å². The molecule has 20 heavy (non-hydrogen) atoms. The Kier molecular flexibility index (Phi) is 4.60. The summed E-state index contributed by atoms with van der Waals surface area (Å²) >= 11 is 5.73. The minimum atomic E-state index is -1.06. The van der Waals surface area contributed by atoms with Gasteiger partial charge in [0.05, 0.1) is 0 Å². The van der Waals surface area contributed by atoms with Gasteiger partial charge in [-0.3, -0.25) is 4.79 Å². The third kappa shape index (κ3) is 3.28. The van der Waals surface area contributed by atoms with Gasteiger partial charge in [0.2, 0.25) is 5.91 Å². The van der Waals surface area contributed by atoms with Crippen molar-refractivity contribution >= 4 is 23.5 Å². The van der Waals surface area contributed by atoms with Crippen LogP contribution < -0.4 is 0 Å². The Morgan fingerprint density at radius 1 is 1.45 bits per heavy atom. The van der Waals surface area contributed by atoms with Crippen LogP contribution in [0.15, 0.2) is 24.3 Å².